The number of hydrogen-bond donors (Lipinski definition) is 1. The van der Waals surface area contributed by atoms with Crippen molar-refractivity contribution in [3.63, 3.8) is 0 Å². The van der Waals surface area contributed by atoms with Crippen molar-refractivity contribution in [1.82, 2.24) is 10.2 Å². The maximum absolute atomic E-state index is 14.0. The van der Waals surface area contributed by atoms with Crippen LogP contribution in [0.4, 0.5) is 13.2 Å². The first-order valence-corrected chi connectivity index (χ1v) is 6.66. The molecular formula is C13H17Cl2F3N2. The molecule has 1 aromatic carbocycles. The van der Waals surface area contributed by atoms with Gasteiger partial charge in [-0.2, -0.15) is 0 Å². The Morgan fingerprint density at radius 2 is 1.75 bits per heavy atom. The van der Waals surface area contributed by atoms with Crippen LogP contribution in [0.3, 0.4) is 0 Å². The van der Waals surface area contributed by atoms with Gasteiger partial charge in [-0.1, -0.05) is 11.6 Å². The van der Waals surface area contributed by atoms with Crippen LogP contribution in [-0.4, -0.2) is 37.8 Å². The number of nitrogens with zero attached hydrogens (tertiary/aromatic N) is 1. The molecule has 2 nitrogen and oxygen atoms in total. The summed E-state index contributed by atoms with van der Waals surface area (Å²) >= 11 is 5.61. The van der Waals surface area contributed by atoms with Crippen LogP contribution in [0.1, 0.15) is 18.0 Å². The van der Waals surface area contributed by atoms with E-state index < -0.39 is 24.4 Å². The van der Waals surface area contributed by atoms with Gasteiger partial charge < -0.3 is 5.32 Å². The van der Waals surface area contributed by atoms with E-state index >= 15 is 0 Å². The van der Waals surface area contributed by atoms with Crippen LogP contribution in [0.5, 0.6) is 0 Å². The zero-order chi connectivity index (χ0) is 13.8. The summed E-state index contributed by atoms with van der Waals surface area (Å²) in [7, 11) is 0. The van der Waals surface area contributed by atoms with Gasteiger partial charge in [-0.15, -0.1) is 12.4 Å². The molecule has 2 rings (SSSR count). The molecule has 20 heavy (non-hydrogen) atoms. The van der Waals surface area contributed by atoms with Crippen molar-refractivity contribution in [3.05, 3.63) is 34.4 Å². The minimum Gasteiger partial charge on any atom is -0.314 e. The molecule has 114 valence electrons. The first-order chi connectivity index (χ1) is 9.13. The van der Waals surface area contributed by atoms with Crippen molar-refractivity contribution >= 4 is 24.0 Å². The zero-order valence-corrected chi connectivity index (χ0v) is 12.4. The Hall–Kier alpha value is -0.490. The highest BCUT2D eigenvalue weighted by Gasteiger charge is 2.27. The second-order valence-corrected chi connectivity index (χ2v) is 5.00. The number of alkyl halides is 1. The smallest absolute Gasteiger partial charge is 0.132 e. The van der Waals surface area contributed by atoms with Gasteiger partial charge >= 0.3 is 0 Å². The minimum atomic E-state index is -0.706. The highest BCUT2D eigenvalue weighted by atomic mass is 35.5. The third-order valence-corrected chi connectivity index (χ3v) is 3.57. The van der Waals surface area contributed by atoms with E-state index in [1.165, 1.54) is 0 Å². The van der Waals surface area contributed by atoms with E-state index in [0.29, 0.717) is 13.1 Å². The number of nitrogens with one attached hydrogen (secondary N) is 1. The summed E-state index contributed by atoms with van der Waals surface area (Å²) < 4.78 is 40.6. The van der Waals surface area contributed by atoms with Gasteiger partial charge in [-0.3, -0.25) is 9.29 Å². The molecule has 0 amide bonds. The van der Waals surface area contributed by atoms with Crippen LogP contribution in [-0.2, 0) is 0 Å². The molecule has 1 aliphatic heterocycles. The molecule has 0 bridgehead atoms. The highest BCUT2D eigenvalue weighted by Crippen LogP contribution is 2.31. The van der Waals surface area contributed by atoms with Crippen molar-refractivity contribution in [1.29, 1.82) is 0 Å². The summed E-state index contributed by atoms with van der Waals surface area (Å²) in [5, 5.41) is 3.17. The van der Waals surface area contributed by atoms with E-state index in [1.807, 2.05) is 4.90 Å². The summed E-state index contributed by atoms with van der Waals surface area (Å²) in [6, 6.07) is 1.57. The maximum Gasteiger partial charge on any atom is 0.132 e. The predicted molar refractivity (Wildman–Crippen MR) is 76.4 cm³/mol. The molecular weight excluding hydrogens is 312 g/mol. The fraction of sp³-hybridized carbons (Fsp3) is 0.538. The Labute approximate surface area is 127 Å². The Kier molecular flexibility index (Phi) is 7.09. The highest BCUT2D eigenvalue weighted by molar-refractivity contribution is 6.30. The van der Waals surface area contributed by atoms with E-state index in [0.717, 1.165) is 25.2 Å². The van der Waals surface area contributed by atoms with Crippen LogP contribution < -0.4 is 5.32 Å². The standard InChI is InChI=1S/C13H16ClF3N2.ClH/c14-9-7-10(16)13(11(17)8-9)12(1-2-15)19-5-3-18-4-6-19;/h7-8,12,18H,1-6H2;1H/t12-;/m0./s1. The Balaban J connectivity index is 0.00000200. The average molecular weight is 329 g/mol. The molecule has 1 heterocycles. The van der Waals surface area contributed by atoms with E-state index in [2.05, 4.69) is 5.32 Å². The monoisotopic (exact) mass is 328 g/mol. The normalized spacial score (nSPS) is 17.6. The molecule has 0 aliphatic carbocycles. The van der Waals surface area contributed by atoms with Gasteiger partial charge in [0.15, 0.2) is 0 Å². The van der Waals surface area contributed by atoms with Gasteiger partial charge in [-0.05, 0) is 18.6 Å². The van der Waals surface area contributed by atoms with Crippen LogP contribution in [0.25, 0.3) is 0 Å². The molecule has 1 saturated heterocycles. The molecule has 1 fully saturated rings. The van der Waals surface area contributed by atoms with Crippen molar-refractivity contribution in [2.75, 3.05) is 32.9 Å². The zero-order valence-electron chi connectivity index (χ0n) is 10.8. The van der Waals surface area contributed by atoms with Gasteiger partial charge in [0.25, 0.3) is 0 Å². The Morgan fingerprint density at radius 3 is 2.25 bits per heavy atom. The maximum atomic E-state index is 14.0. The van der Waals surface area contributed by atoms with Crippen molar-refractivity contribution in [2.24, 2.45) is 0 Å². The molecule has 1 aromatic rings. The summed E-state index contributed by atoms with van der Waals surface area (Å²) in [6.07, 6.45) is 0.0788. The predicted octanol–water partition coefficient (Wildman–Crippen LogP) is 3.35. The molecule has 0 radical (unpaired) electrons. The molecule has 0 aromatic heterocycles. The summed E-state index contributed by atoms with van der Waals surface area (Å²) in [4.78, 5) is 1.91. The van der Waals surface area contributed by atoms with E-state index in [-0.39, 0.29) is 29.4 Å². The largest absolute Gasteiger partial charge is 0.314 e. The van der Waals surface area contributed by atoms with Crippen molar-refractivity contribution < 1.29 is 13.2 Å². The lowest BCUT2D eigenvalue weighted by molar-refractivity contribution is 0.151. The Bertz CT molecular complexity index is 417. The third kappa shape index (κ3) is 4.01. The van der Waals surface area contributed by atoms with Crippen LogP contribution in [0.2, 0.25) is 5.02 Å². The first-order valence-electron chi connectivity index (χ1n) is 6.28. The van der Waals surface area contributed by atoms with Gasteiger partial charge in [-0.25, -0.2) is 8.78 Å². The van der Waals surface area contributed by atoms with Crippen molar-refractivity contribution in [3.8, 4) is 0 Å². The van der Waals surface area contributed by atoms with E-state index in [9.17, 15) is 13.2 Å². The van der Waals surface area contributed by atoms with Gasteiger partial charge in [0, 0.05) is 42.8 Å². The molecule has 0 unspecified atom stereocenters. The second-order valence-electron chi connectivity index (χ2n) is 4.56. The topological polar surface area (TPSA) is 15.3 Å². The fourth-order valence-electron chi connectivity index (χ4n) is 2.48. The molecule has 1 aliphatic rings. The number of hydrogen-bond acceptors (Lipinski definition) is 2. The summed E-state index contributed by atoms with van der Waals surface area (Å²) in [5.74, 6) is -1.41. The third-order valence-electron chi connectivity index (χ3n) is 3.35. The molecule has 1 N–H and O–H groups in total. The first kappa shape index (κ1) is 17.6. The number of halogens is 5. The van der Waals surface area contributed by atoms with Gasteiger partial charge in [0.05, 0.1) is 6.67 Å². The lowest BCUT2D eigenvalue weighted by Crippen LogP contribution is -2.45. The minimum absolute atomic E-state index is 0. The molecule has 1 atom stereocenters. The summed E-state index contributed by atoms with van der Waals surface area (Å²) in [6.45, 7) is 2.15. The summed E-state index contributed by atoms with van der Waals surface area (Å²) in [5.41, 5.74) is -0.0797. The second kappa shape index (κ2) is 8.08. The van der Waals surface area contributed by atoms with E-state index in [1.54, 1.807) is 0 Å². The van der Waals surface area contributed by atoms with E-state index in [4.69, 9.17) is 11.6 Å². The van der Waals surface area contributed by atoms with Crippen LogP contribution >= 0.6 is 24.0 Å². The van der Waals surface area contributed by atoms with Gasteiger partial charge in [0.2, 0.25) is 0 Å². The molecule has 7 heteroatoms. The SMILES string of the molecule is Cl.FCC[C@@H](c1c(F)cc(Cl)cc1F)N1CCNCC1. The average Bonchev–Trinajstić information content (AvgIpc) is 2.37. The lowest BCUT2D eigenvalue weighted by atomic mass is 10.0. The molecule has 0 spiro atoms. The fourth-order valence-corrected chi connectivity index (χ4v) is 2.67. The molecule has 0 saturated carbocycles. The number of benzene rings is 1. The number of rotatable bonds is 4. The van der Waals surface area contributed by atoms with Crippen LogP contribution in [0, 0.1) is 11.6 Å². The quantitative estimate of drug-likeness (QED) is 0.911. The lowest BCUT2D eigenvalue weighted by Gasteiger charge is -2.35. The van der Waals surface area contributed by atoms with Crippen LogP contribution in [0.15, 0.2) is 12.1 Å². The van der Waals surface area contributed by atoms with Gasteiger partial charge in [0.1, 0.15) is 11.6 Å². The number of piperazine rings is 1. The van der Waals surface area contributed by atoms with Crippen molar-refractivity contribution in [2.45, 2.75) is 12.5 Å². The Morgan fingerprint density at radius 1 is 1.20 bits per heavy atom.